The van der Waals surface area contributed by atoms with Gasteiger partial charge in [-0.1, -0.05) is 12.1 Å². The molecule has 0 bridgehead atoms. The average Bonchev–Trinajstić information content (AvgIpc) is 3.61. The van der Waals surface area contributed by atoms with Crippen LogP contribution in [0.15, 0.2) is 78.3 Å². The minimum absolute atomic E-state index is 0.0650. The van der Waals surface area contributed by atoms with Crippen LogP contribution in [0.2, 0.25) is 0 Å². The molecule has 2 aromatic carbocycles. The molecule has 0 saturated carbocycles. The van der Waals surface area contributed by atoms with Crippen LogP contribution in [-0.2, 0) is 29.9 Å². The third kappa shape index (κ3) is 6.70. The number of nitrogens with zero attached hydrogens (tertiary/aromatic N) is 7. The second-order valence-electron chi connectivity index (χ2n) is 16.3. The highest BCUT2D eigenvalue weighted by Crippen LogP contribution is 2.52. The molecule has 0 radical (unpaired) electrons. The second kappa shape index (κ2) is 15.8. The van der Waals surface area contributed by atoms with Gasteiger partial charge in [0.1, 0.15) is 0 Å². The summed E-state index contributed by atoms with van der Waals surface area (Å²) in [4.78, 5) is 53.0. The van der Waals surface area contributed by atoms with Gasteiger partial charge in [-0.25, -0.2) is 4.98 Å². The fourth-order valence-corrected chi connectivity index (χ4v) is 9.52. The minimum atomic E-state index is -0.710. The summed E-state index contributed by atoms with van der Waals surface area (Å²) in [6.07, 6.45) is 12.2. The van der Waals surface area contributed by atoms with Gasteiger partial charge < -0.3 is 34.6 Å². The molecule has 0 unspecified atom stereocenters. The molecule has 2 saturated heterocycles. The summed E-state index contributed by atoms with van der Waals surface area (Å²) >= 11 is 0. The smallest absolute Gasteiger partial charge is 0.238 e. The van der Waals surface area contributed by atoms with Crippen molar-refractivity contribution in [2.24, 2.45) is 10.7 Å². The maximum Gasteiger partial charge on any atom is 0.238 e. The number of anilines is 2. The highest BCUT2D eigenvalue weighted by Gasteiger charge is 2.53. The number of carbonyl (C=O) groups excluding carboxylic acids is 2. The van der Waals surface area contributed by atoms with Crippen molar-refractivity contribution in [2.45, 2.75) is 42.9 Å². The van der Waals surface area contributed by atoms with Crippen LogP contribution in [0, 0.1) is 0 Å². The fourth-order valence-electron chi connectivity index (χ4n) is 9.52. The van der Waals surface area contributed by atoms with Crippen LogP contribution >= 0.6 is 0 Å². The number of fused-ring (bicyclic) bond motifs is 8. The topological polar surface area (TPSA) is 149 Å². The lowest BCUT2D eigenvalue weighted by Crippen LogP contribution is -2.44. The van der Waals surface area contributed by atoms with Gasteiger partial charge in [0.15, 0.2) is 0 Å². The van der Waals surface area contributed by atoms with Crippen LogP contribution < -0.4 is 20.3 Å². The molecule has 0 atom stereocenters. The van der Waals surface area contributed by atoms with E-state index in [0.717, 1.165) is 79.5 Å². The summed E-state index contributed by atoms with van der Waals surface area (Å²) in [7, 11) is 5.93. The lowest BCUT2D eigenvalue weighted by molar-refractivity contribution is -0.127. The molecule has 13 heteroatoms. The quantitative estimate of drug-likeness (QED) is 0.131. The highest BCUT2D eigenvalue weighted by atomic mass is 16.5. The van der Waals surface area contributed by atoms with Gasteiger partial charge in [0.25, 0.3) is 0 Å². The summed E-state index contributed by atoms with van der Waals surface area (Å²) in [6.45, 7) is 4.39. The molecule has 3 aromatic heterocycles. The number of pyridine rings is 3. The Morgan fingerprint density at radius 3 is 2.15 bits per heavy atom. The summed E-state index contributed by atoms with van der Waals surface area (Å²) in [6, 6.07) is 16.2. The number of aromatic nitrogens is 3. The number of ether oxygens (including phenoxy) is 3. The van der Waals surface area contributed by atoms with Gasteiger partial charge in [-0.15, -0.1) is 0 Å². The molecular formula is C46H50N8O5. The zero-order valence-electron chi connectivity index (χ0n) is 33.9. The van der Waals surface area contributed by atoms with Crippen molar-refractivity contribution in [1.82, 2.24) is 19.9 Å². The third-order valence-corrected chi connectivity index (χ3v) is 12.6. The Labute approximate surface area is 343 Å². The van der Waals surface area contributed by atoms with Crippen LogP contribution in [-0.4, -0.2) is 112 Å². The van der Waals surface area contributed by atoms with Crippen molar-refractivity contribution in [1.29, 1.82) is 0 Å². The molecule has 304 valence electrons. The second-order valence-corrected chi connectivity index (χ2v) is 16.3. The van der Waals surface area contributed by atoms with Crippen molar-refractivity contribution in [3.05, 3.63) is 90.0 Å². The zero-order valence-corrected chi connectivity index (χ0v) is 33.9. The molecule has 13 nitrogen and oxygen atoms in total. The molecule has 2 fully saturated rings. The maximum atomic E-state index is 14.6. The van der Waals surface area contributed by atoms with Gasteiger partial charge in [-0.2, -0.15) is 0 Å². The first-order valence-corrected chi connectivity index (χ1v) is 20.5. The first-order valence-electron chi connectivity index (χ1n) is 20.5. The number of hydrogen-bond acceptors (Lipinski definition) is 11. The van der Waals surface area contributed by atoms with Crippen molar-refractivity contribution < 1.29 is 23.8 Å². The van der Waals surface area contributed by atoms with Gasteiger partial charge in [0.2, 0.25) is 17.7 Å². The Bertz CT molecular complexity index is 2490. The molecule has 4 aliphatic rings. The van der Waals surface area contributed by atoms with E-state index in [1.54, 1.807) is 23.5 Å². The molecule has 4 aliphatic heterocycles. The number of hydrogen-bond donors (Lipinski definition) is 1. The van der Waals surface area contributed by atoms with Crippen LogP contribution in [0.1, 0.15) is 48.8 Å². The normalized spacial score (nSPS) is 18.6. The van der Waals surface area contributed by atoms with E-state index in [1.807, 2.05) is 68.8 Å². The monoisotopic (exact) mass is 794 g/mol. The number of likely N-dealkylation sites (N-methyl/N-ethyl adjacent to an activating group) is 1. The lowest BCUT2D eigenvalue weighted by atomic mass is 9.74. The molecular weight excluding hydrogens is 745 g/mol. The largest absolute Gasteiger partial charge is 0.478 e. The Balaban J connectivity index is 0.973. The Morgan fingerprint density at radius 2 is 1.47 bits per heavy atom. The van der Waals surface area contributed by atoms with Gasteiger partial charge in [0.05, 0.1) is 58.8 Å². The van der Waals surface area contributed by atoms with E-state index >= 15 is 0 Å². The van der Waals surface area contributed by atoms with Crippen molar-refractivity contribution in [2.75, 3.05) is 83.6 Å². The number of allylic oxidation sites excluding steroid dienone is 1. The van der Waals surface area contributed by atoms with Gasteiger partial charge in [-0.3, -0.25) is 24.5 Å². The third-order valence-electron chi connectivity index (χ3n) is 12.6. The summed E-state index contributed by atoms with van der Waals surface area (Å²) in [5.41, 5.74) is 13.8. The van der Waals surface area contributed by atoms with Gasteiger partial charge in [0, 0.05) is 104 Å². The number of rotatable bonds is 11. The standard InChI is InChI=1S/C46H50N8O5/c1-52(2)16-4-18-59-40-10-7-32(27-51-40)30-5-8-37-35(23-30)42-39(29-50-37)54(44(56)46(42)13-21-58-22-14-46)17-15-48-26-33(25-47)31-6-9-36-34(24-31)41-38(28-49-36)53(3)43(55)45(41)11-19-57-20-12-45/h5-10,23-29H,4,11-22,47H2,1-3H3. The summed E-state index contributed by atoms with van der Waals surface area (Å²) in [5.74, 6) is 0.757. The summed E-state index contributed by atoms with van der Waals surface area (Å²) < 4.78 is 17.4. The molecule has 5 aromatic rings. The highest BCUT2D eigenvalue weighted by molar-refractivity contribution is 6.15. The number of amides is 2. The van der Waals surface area contributed by atoms with Crippen LogP contribution in [0.3, 0.4) is 0 Å². The average molecular weight is 795 g/mol. The minimum Gasteiger partial charge on any atom is -0.478 e. The van der Waals surface area contributed by atoms with E-state index < -0.39 is 10.8 Å². The van der Waals surface area contributed by atoms with Crippen LogP contribution in [0.5, 0.6) is 5.88 Å². The molecule has 2 amide bonds. The molecule has 7 heterocycles. The van der Waals surface area contributed by atoms with Gasteiger partial charge in [-0.05, 0) is 87.7 Å². The first-order chi connectivity index (χ1) is 28.7. The molecule has 2 N–H and O–H groups in total. The van der Waals surface area contributed by atoms with E-state index in [2.05, 4.69) is 28.1 Å². The predicted octanol–water partition coefficient (Wildman–Crippen LogP) is 5.67. The van der Waals surface area contributed by atoms with Gasteiger partial charge >= 0.3 is 0 Å². The first kappa shape index (κ1) is 38.7. The number of benzene rings is 2. The number of carbonyl (C=O) groups is 2. The lowest BCUT2D eigenvalue weighted by Gasteiger charge is -2.33. The molecule has 59 heavy (non-hydrogen) atoms. The fraction of sp³-hybridized carbons (Fsp3) is 0.391. The molecule has 0 aliphatic carbocycles. The Hall–Kier alpha value is -5.76. The maximum absolute atomic E-state index is 14.6. The van der Waals surface area contributed by atoms with E-state index in [-0.39, 0.29) is 11.8 Å². The molecule has 9 rings (SSSR count). The zero-order chi connectivity index (χ0) is 40.7. The number of nitrogens with two attached hydrogens (primary N) is 1. The van der Waals surface area contributed by atoms with Crippen molar-refractivity contribution in [3.63, 3.8) is 0 Å². The molecule has 2 spiro atoms. The Morgan fingerprint density at radius 1 is 0.831 bits per heavy atom. The van der Waals surface area contributed by atoms with E-state index in [0.29, 0.717) is 77.7 Å². The van der Waals surface area contributed by atoms with E-state index in [4.69, 9.17) is 34.9 Å². The Kier molecular flexibility index (Phi) is 10.4. The van der Waals surface area contributed by atoms with Crippen molar-refractivity contribution in [3.8, 4) is 17.0 Å². The number of aliphatic imine (C=N–C) groups is 1. The van der Waals surface area contributed by atoms with Crippen LogP contribution in [0.4, 0.5) is 11.4 Å². The van der Waals surface area contributed by atoms with E-state index in [9.17, 15) is 9.59 Å². The SMILES string of the molecule is CN(C)CCCOc1ccc(-c2ccc3ncc4c(c3c2)C2(CCOCC2)C(=O)N4CCN=CC(=CN)c2ccc3ncc4c(c3c2)C2(CCOCC2)C(=O)N4C)cn1. The van der Waals surface area contributed by atoms with E-state index in [1.165, 1.54) is 0 Å². The summed E-state index contributed by atoms with van der Waals surface area (Å²) in [5, 5.41) is 1.90. The van der Waals surface area contributed by atoms with Crippen molar-refractivity contribution >= 4 is 56.8 Å². The van der Waals surface area contributed by atoms with Crippen LogP contribution in [0.25, 0.3) is 38.5 Å². The predicted molar refractivity (Wildman–Crippen MR) is 230 cm³/mol.